The smallest absolute Gasteiger partial charge is 0.301 e. The molecule has 6 heterocycles. The van der Waals surface area contributed by atoms with E-state index in [1.807, 2.05) is 4.57 Å². The molecule has 0 aromatic carbocycles. The van der Waals surface area contributed by atoms with Crippen LogP contribution in [0.3, 0.4) is 0 Å². The van der Waals surface area contributed by atoms with Crippen LogP contribution in [-0.2, 0) is 38.5 Å². The van der Waals surface area contributed by atoms with E-state index in [0.717, 1.165) is 19.3 Å². The molecule has 5 atom stereocenters. The molecule has 0 N–H and O–H groups in total. The number of aryl methyl sites for hydroxylation is 3. The molecule has 0 radical (unpaired) electrons. The molecule has 0 saturated carbocycles. The zero-order valence-electron chi connectivity index (χ0n) is 25.2. The van der Waals surface area contributed by atoms with Crippen molar-refractivity contribution in [2.75, 3.05) is 19.8 Å². The predicted octanol–water partition coefficient (Wildman–Crippen LogP) is 5.38. The first-order valence-corrected chi connectivity index (χ1v) is 18.1. The molecular weight excluding hydrogens is 581 g/mol. The number of halogens is 2. The summed E-state index contributed by atoms with van der Waals surface area (Å²) < 4.78 is 49.5. The summed E-state index contributed by atoms with van der Waals surface area (Å²) in [6, 6.07) is 2.20. The van der Waals surface area contributed by atoms with Gasteiger partial charge in [-0.25, -0.2) is 9.37 Å². The number of hydrogen-bond donors (Lipinski definition) is 0. The molecule has 3 fully saturated rings. The predicted molar refractivity (Wildman–Crippen MR) is 158 cm³/mol. The fourth-order valence-corrected chi connectivity index (χ4v) is 7.25. The average molecular weight is 622 g/mol. The Bertz CT molecular complexity index is 1440. The van der Waals surface area contributed by atoms with Crippen molar-refractivity contribution in [3.63, 3.8) is 0 Å². The first-order valence-electron chi connectivity index (χ1n) is 14.9. The maximum Gasteiger partial charge on any atom is 0.301 e. The number of aromatic nitrogens is 5. The minimum atomic E-state index is -2.00. The van der Waals surface area contributed by atoms with Crippen LogP contribution in [-0.4, -0.2) is 76.9 Å². The molecule has 0 aliphatic carbocycles. The minimum absolute atomic E-state index is 0.0867. The van der Waals surface area contributed by atoms with Crippen LogP contribution in [0.2, 0.25) is 23.2 Å². The van der Waals surface area contributed by atoms with Crippen molar-refractivity contribution >= 4 is 31.1 Å². The number of ether oxygens (including phenoxy) is 4. The summed E-state index contributed by atoms with van der Waals surface area (Å²) in [6.07, 6.45) is 3.79. The Morgan fingerprint density at radius 3 is 2.43 bits per heavy atom. The van der Waals surface area contributed by atoms with E-state index in [4.69, 9.17) is 44.9 Å². The maximum atomic E-state index is 14.2. The highest BCUT2D eigenvalue weighted by Crippen LogP contribution is 2.41. The maximum absolute atomic E-state index is 14.2. The Morgan fingerprint density at radius 2 is 1.76 bits per heavy atom. The second kappa shape index (κ2) is 11.4. The fraction of sp³-hybridized carbons (Fsp3) is 0.690. The van der Waals surface area contributed by atoms with Crippen molar-refractivity contribution in [2.24, 2.45) is 7.05 Å². The highest BCUT2D eigenvalue weighted by atomic mass is 35.5. The molecule has 1 unspecified atom stereocenters. The third-order valence-electron chi connectivity index (χ3n) is 9.03. The Hall–Kier alpha value is -2.09. The van der Waals surface area contributed by atoms with Crippen molar-refractivity contribution in [2.45, 2.75) is 102 Å². The van der Waals surface area contributed by atoms with Gasteiger partial charge in [-0.2, -0.15) is 10.1 Å². The lowest BCUT2D eigenvalue weighted by atomic mass is 10.1. The zero-order valence-corrected chi connectivity index (χ0v) is 27.0. The number of imidazole rings is 1. The summed E-state index contributed by atoms with van der Waals surface area (Å²) >= 11 is 6.65. The number of rotatable bonds is 8. The molecule has 0 spiro atoms. The SMILES string of the molecule is Cn1cc(F)c(CCc2nc3c(cc2Cl)nc(O[C@@H]2CO[C@H]4[C@@H]2OC[C@H]4O[Si](C)(C)C(C)(C)C)n3C2CCCCO2)n1. The van der Waals surface area contributed by atoms with Gasteiger partial charge in [0.05, 0.1) is 41.9 Å². The van der Waals surface area contributed by atoms with Crippen molar-refractivity contribution in [3.05, 3.63) is 34.5 Å². The van der Waals surface area contributed by atoms with Gasteiger partial charge in [-0.1, -0.05) is 32.4 Å². The molecule has 13 heteroatoms. The van der Waals surface area contributed by atoms with E-state index in [0.29, 0.717) is 66.2 Å². The first-order chi connectivity index (χ1) is 19.9. The quantitative estimate of drug-likeness (QED) is 0.310. The molecule has 0 amide bonds. The van der Waals surface area contributed by atoms with Crippen molar-refractivity contribution < 1.29 is 27.8 Å². The summed E-state index contributed by atoms with van der Waals surface area (Å²) in [4.78, 5) is 9.73. The zero-order chi connectivity index (χ0) is 29.8. The van der Waals surface area contributed by atoms with Crippen LogP contribution in [0.5, 0.6) is 6.01 Å². The molecule has 3 aliphatic rings. The van der Waals surface area contributed by atoms with Crippen LogP contribution in [0.15, 0.2) is 12.3 Å². The highest BCUT2D eigenvalue weighted by molar-refractivity contribution is 6.74. The molecule has 10 nitrogen and oxygen atoms in total. The lowest BCUT2D eigenvalue weighted by Crippen LogP contribution is -2.47. The fourth-order valence-electron chi connectivity index (χ4n) is 5.69. The van der Waals surface area contributed by atoms with Gasteiger partial charge in [0.25, 0.3) is 0 Å². The van der Waals surface area contributed by atoms with E-state index in [1.165, 1.54) is 10.9 Å². The molecule has 3 aliphatic heterocycles. The summed E-state index contributed by atoms with van der Waals surface area (Å²) in [6.45, 7) is 12.7. The third kappa shape index (κ3) is 5.73. The van der Waals surface area contributed by atoms with Gasteiger partial charge in [-0.15, -0.1) is 0 Å². The van der Waals surface area contributed by atoms with E-state index in [2.05, 4.69) is 39.0 Å². The lowest BCUT2D eigenvalue weighted by molar-refractivity contribution is -0.0406. The van der Waals surface area contributed by atoms with Crippen LogP contribution < -0.4 is 4.74 Å². The van der Waals surface area contributed by atoms with Gasteiger partial charge >= 0.3 is 6.01 Å². The van der Waals surface area contributed by atoms with Gasteiger partial charge in [-0.3, -0.25) is 9.25 Å². The molecule has 3 aromatic rings. The minimum Gasteiger partial charge on any atom is -0.456 e. The second-order valence-electron chi connectivity index (χ2n) is 13.1. The first kappa shape index (κ1) is 30.0. The second-order valence-corrected chi connectivity index (χ2v) is 18.3. The molecule has 3 saturated heterocycles. The van der Waals surface area contributed by atoms with Crippen molar-refractivity contribution in [1.29, 1.82) is 0 Å². The number of pyridine rings is 1. The van der Waals surface area contributed by atoms with E-state index in [9.17, 15) is 4.39 Å². The molecular formula is C29H41ClFN5O5Si. The number of nitrogens with zero attached hydrogens (tertiary/aromatic N) is 5. The van der Waals surface area contributed by atoms with Gasteiger partial charge in [-0.05, 0) is 49.9 Å². The topological polar surface area (TPSA) is 94.7 Å². The van der Waals surface area contributed by atoms with Gasteiger partial charge in [0.1, 0.15) is 24.0 Å². The van der Waals surface area contributed by atoms with Crippen LogP contribution in [0, 0.1) is 5.82 Å². The van der Waals surface area contributed by atoms with Gasteiger partial charge in [0, 0.05) is 20.1 Å². The van der Waals surface area contributed by atoms with Crippen LogP contribution in [0.4, 0.5) is 4.39 Å². The van der Waals surface area contributed by atoms with Gasteiger partial charge in [0.15, 0.2) is 25.9 Å². The van der Waals surface area contributed by atoms with Gasteiger partial charge < -0.3 is 23.4 Å². The highest BCUT2D eigenvalue weighted by Gasteiger charge is 2.52. The Morgan fingerprint density at radius 1 is 1.05 bits per heavy atom. The third-order valence-corrected chi connectivity index (χ3v) is 13.9. The van der Waals surface area contributed by atoms with Crippen LogP contribution in [0.25, 0.3) is 11.2 Å². The summed E-state index contributed by atoms with van der Waals surface area (Å²) in [7, 11) is -0.303. The number of fused-ring (bicyclic) bond motifs is 2. The Kier molecular flexibility index (Phi) is 8.16. The van der Waals surface area contributed by atoms with Crippen LogP contribution >= 0.6 is 11.6 Å². The van der Waals surface area contributed by atoms with E-state index < -0.39 is 8.32 Å². The monoisotopic (exact) mass is 621 g/mol. The van der Waals surface area contributed by atoms with Crippen molar-refractivity contribution in [3.8, 4) is 6.01 Å². The van der Waals surface area contributed by atoms with Crippen molar-refractivity contribution in [1.82, 2.24) is 24.3 Å². The molecule has 230 valence electrons. The van der Waals surface area contributed by atoms with Gasteiger partial charge in [0.2, 0.25) is 0 Å². The summed E-state index contributed by atoms with van der Waals surface area (Å²) in [5.74, 6) is -0.339. The summed E-state index contributed by atoms with van der Waals surface area (Å²) in [5.41, 5.74) is 2.26. The van der Waals surface area contributed by atoms with E-state index in [1.54, 1.807) is 13.1 Å². The molecule has 3 aromatic heterocycles. The van der Waals surface area contributed by atoms with Crippen LogP contribution in [0.1, 0.15) is 57.6 Å². The lowest BCUT2D eigenvalue weighted by Gasteiger charge is -2.39. The Labute approximate surface area is 251 Å². The molecule has 6 rings (SSSR count). The largest absolute Gasteiger partial charge is 0.456 e. The molecule has 42 heavy (non-hydrogen) atoms. The number of hydrogen-bond acceptors (Lipinski definition) is 8. The van der Waals surface area contributed by atoms with E-state index in [-0.39, 0.29) is 41.5 Å². The standard InChI is InChI=1S/C29H41ClFN5O5Si/c1-29(2,3)42(5,6)41-23-16-39-25-22(15-38-26(23)25)40-28-33-21-13-17(30)19(10-11-20-18(31)14-35(4)34-20)32-27(21)36(28)24-9-7-8-12-37-24/h13-14,22-26H,7-12,15-16H2,1-6H3/t22-,23-,24?,25-,26-/m1/s1. The average Bonchev–Trinajstić information content (AvgIpc) is 3.67. The Balaban J connectivity index is 1.26. The normalized spacial score (nSPS) is 26.7. The van der Waals surface area contributed by atoms with E-state index >= 15 is 0 Å². The molecule has 0 bridgehead atoms. The summed E-state index contributed by atoms with van der Waals surface area (Å²) in [5, 5.41) is 4.77.